The molecule has 0 saturated heterocycles. The second-order valence-corrected chi connectivity index (χ2v) is 0.928. The summed E-state index contributed by atoms with van der Waals surface area (Å²) in [6, 6.07) is 0. The van der Waals surface area contributed by atoms with Gasteiger partial charge < -0.3 is 11.5 Å². The van der Waals surface area contributed by atoms with Crippen molar-refractivity contribution in [2.45, 2.75) is 13.3 Å². The maximum atomic E-state index is 4.99. The predicted octanol–water partition coefficient (Wildman–Crippen LogP) is -0.197. The van der Waals surface area contributed by atoms with Crippen LogP contribution in [0.15, 0.2) is 0 Å². The summed E-state index contributed by atoms with van der Waals surface area (Å²) >= 11 is 0. The van der Waals surface area contributed by atoms with Crippen molar-refractivity contribution in [2.75, 3.05) is 0 Å². The van der Waals surface area contributed by atoms with Crippen molar-refractivity contribution in [1.29, 1.82) is 0 Å². The second-order valence-electron chi connectivity index (χ2n) is 0.928. The van der Waals surface area contributed by atoms with Crippen LogP contribution in [-0.4, -0.2) is 0 Å². The van der Waals surface area contributed by atoms with E-state index in [9.17, 15) is 0 Å². The topological polar surface area (TPSA) is 52.0 Å². The number of hydrogen-bond donors (Lipinski definition) is 2. The Morgan fingerprint density at radius 3 is 1.80 bits per heavy atom. The lowest BCUT2D eigenvalue weighted by molar-refractivity contribution is 0.858. The minimum absolute atomic E-state index is 0.505. The maximum Gasteiger partial charge on any atom is 0.0953 e. The van der Waals surface area contributed by atoms with Crippen LogP contribution in [0.5, 0.6) is 0 Å². The number of nitrogens with two attached hydrogens (primary N) is 2. The van der Waals surface area contributed by atoms with Crippen LogP contribution in [0, 0.1) is 6.17 Å². The lowest BCUT2D eigenvalue weighted by atomic mass is 10.4. The van der Waals surface area contributed by atoms with Crippen molar-refractivity contribution >= 4 is 0 Å². The van der Waals surface area contributed by atoms with Crippen molar-refractivity contribution in [3.63, 3.8) is 0 Å². The molecule has 0 amide bonds. The molecule has 4 N–H and O–H groups in total. The molecule has 0 aliphatic heterocycles. The summed E-state index contributed by atoms with van der Waals surface area (Å²) in [7, 11) is 0. The van der Waals surface area contributed by atoms with Gasteiger partial charge in [-0.3, -0.25) is 0 Å². The fourth-order valence-corrected chi connectivity index (χ4v) is 0. The minimum atomic E-state index is 0.505. The lowest BCUT2D eigenvalue weighted by Gasteiger charge is -1.90. The van der Waals surface area contributed by atoms with E-state index in [-0.39, 0.29) is 0 Å². The Hall–Kier alpha value is -0.0800. The van der Waals surface area contributed by atoms with Crippen molar-refractivity contribution in [3.8, 4) is 0 Å². The maximum absolute atomic E-state index is 4.99. The van der Waals surface area contributed by atoms with E-state index in [4.69, 9.17) is 11.5 Å². The van der Waals surface area contributed by atoms with Crippen LogP contribution in [0.3, 0.4) is 0 Å². The van der Waals surface area contributed by atoms with E-state index < -0.39 is 0 Å². The fourth-order valence-electron chi connectivity index (χ4n) is 0. The van der Waals surface area contributed by atoms with Crippen LogP contribution < -0.4 is 11.5 Å². The first-order chi connectivity index (χ1) is 2.27. The van der Waals surface area contributed by atoms with Crippen molar-refractivity contribution < 1.29 is 0 Å². The van der Waals surface area contributed by atoms with Gasteiger partial charge in [0.2, 0.25) is 0 Å². The molecule has 0 bridgehead atoms. The summed E-state index contributed by atoms with van der Waals surface area (Å²) in [6.45, 7) is 1.91. The third-order valence-corrected chi connectivity index (χ3v) is 0.408. The molecule has 0 aromatic carbocycles. The number of rotatable bonds is 1. The van der Waals surface area contributed by atoms with E-state index in [1.54, 1.807) is 0 Å². The summed E-state index contributed by atoms with van der Waals surface area (Å²) in [5.41, 5.74) is 9.97. The lowest BCUT2D eigenvalue weighted by Crippen LogP contribution is -2.18. The predicted molar refractivity (Wildman–Crippen MR) is 21.9 cm³/mol. The normalized spacial score (nSPS) is 9.60. The summed E-state index contributed by atoms with van der Waals surface area (Å²) in [6.07, 6.45) is 1.28. The molecule has 0 fully saturated rings. The van der Waals surface area contributed by atoms with Crippen molar-refractivity contribution in [1.82, 2.24) is 0 Å². The zero-order valence-electron chi connectivity index (χ0n) is 3.36. The Balaban J connectivity index is 2.54. The average molecular weight is 73.1 g/mol. The van der Waals surface area contributed by atoms with Gasteiger partial charge in [0.05, 0.1) is 6.17 Å². The van der Waals surface area contributed by atoms with Gasteiger partial charge in [-0.05, 0) is 6.42 Å². The molecule has 0 aromatic heterocycles. The molecule has 2 nitrogen and oxygen atoms in total. The molecular formula is C3H9N2. The SMILES string of the molecule is CC[C](N)N. The summed E-state index contributed by atoms with van der Waals surface area (Å²) in [5.74, 6) is 0. The number of hydrogen-bond acceptors (Lipinski definition) is 2. The highest BCUT2D eigenvalue weighted by atomic mass is 14.8. The smallest absolute Gasteiger partial charge is 0.0953 e. The molecule has 0 rings (SSSR count). The van der Waals surface area contributed by atoms with Gasteiger partial charge in [0, 0.05) is 0 Å². The molecule has 0 aromatic rings. The molecule has 2 heteroatoms. The molecule has 0 aliphatic carbocycles. The van der Waals surface area contributed by atoms with Crippen LogP contribution in [0.25, 0.3) is 0 Å². The Labute approximate surface area is 32.1 Å². The molecule has 0 heterocycles. The summed E-state index contributed by atoms with van der Waals surface area (Å²) in [4.78, 5) is 0. The molecule has 0 aliphatic rings. The van der Waals surface area contributed by atoms with E-state index in [0.29, 0.717) is 6.17 Å². The molecular weight excluding hydrogens is 64.0 g/mol. The molecule has 0 unspecified atom stereocenters. The van der Waals surface area contributed by atoms with Crippen molar-refractivity contribution in [3.05, 3.63) is 6.17 Å². The van der Waals surface area contributed by atoms with Crippen molar-refractivity contribution in [2.24, 2.45) is 11.5 Å². The van der Waals surface area contributed by atoms with Crippen LogP contribution in [0.1, 0.15) is 13.3 Å². The highest BCUT2D eigenvalue weighted by molar-refractivity contribution is 4.67. The molecule has 0 spiro atoms. The molecule has 0 saturated carbocycles. The minimum Gasteiger partial charge on any atom is -0.311 e. The third kappa shape index (κ3) is 3.92. The van der Waals surface area contributed by atoms with E-state index in [1.807, 2.05) is 6.92 Å². The van der Waals surface area contributed by atoms with Gasteiger partial charge in [-0.15, -0.1) is 0 Å². The van der Waals surface area contributed by atoms with Crippen LogP contribution >= 0.6 is 0 Å². The van der Waals surface area contributed by atoms with Gasteiger partial charge in [0.1, 0.15) is 0 Å². The zero-order chi connectivity index (χ0) is 4.28. The van der Waals surface area contributed by atoms with E-state index in [0.717, 1.165) is 6.42 Å². The average Bonchev–Trinajstić information content (AvgIpc) is 1.38. The van der Waals surface area contributed by atoms with Gasteiger partial charge >= 0.3 is 0 Å². The van der Waals surface area contributed by atoms with Crippen LogP contribution in [0.4, 0.5) is 0 Å². The monoisotopic (exact) mass is 73.1 g/mol. The standard InChI is InChI=1S/C3H9N2/c1-2-3(4)5/h2,4-5H2,1H3. The van der Waals surface area contributed by atoms with Gasteiger partial charge in [-0.25, -0.2) is 0 Å². The van der Waals surface area contributed by atoms with Gasteiger partial charge in [-0.2, -0.15) is 0 Å². The second kappa shape index (κ2) is 2.18. The first-order valence-corrected chi connectivity index (χ1v) is 1.64. The Kier molecular flexibility index (Phi) is 2.14. The van der Waals surface area contributed by atoms with E-state index >= 15 is 0 Å². The van der Waals surface area contributed by atoms with Gasteiger partial charge in [0.25, 0.3) is 0 Å². The zero-order valence-corrected chi connectivity index (χ0v) is 3.36. The largest absolute Gasteiger partial charge is 0.311 e. The summed E-state index contributed by atoms with van der Waals surface area (Å²) < 4.78 is 0. The Morgan fingerprint density at radius 1 is 1.60 bits per heavy atom. The highest BCUT2D eigenvalue weighted by Gasteiger charge is 1.81. The van der Waals surface area contributed by atoms with Crippen LogP contribution in [-0.2, 0) is 0 Å². The van der Waals surface area contributed by atoms with E-state index in [2.05, 4.69) is 0 Å². The van der Waals surface area contributed by atoms with Gasteiger partial charge in [-0.1, -0.05) is 6.92 Å². The Morgan fingerprint density at radius 2 is 1.80 bits per heavy atom. The quantitative estimate of drug-likeness (QED) is 0.451. The molecule has 5 heavy (non-hydrogen) atoms. The Bertz CT molecular complexity index is 18.9. The summed E-state index contributed by atoms with van der Waals surface area (Å²) in [5, 5.41) is 0. The fraction of sp³-hybridized carbons (Fsp3) is 0.667. The molecule has 1 radical (unpaired) electrons. The first kappa shape index (κ1) is 4.92. The first-order valence-electron chi connectivity index (χ1n) is 1.64. The molecule has 0 atom stereocenters. The van der Waals surface area contributed by atoms with Crippen LogP contribution in [0.2, 0.25) is 0 Å². The molecule has 31 valence electrons. The highest BCUT2D eigenvalue weighted by Crippen LogP contribution is 1.78. The van der Waals surface area contributed by atoms with E-state index in [1.165, 1.54) is 0 Å². The third-order valence-electron chi connectivity index (χ3n) is 0.408. The van der Waals surface area contributed by atoms with Gasteiger partial charge in [0.15, 0.2) is 0 Å².